The van der Waals surface area contributed by atoms with Crippen LogP contribution < -0.4 is 0 Å². The van der Waals surface area contributed by atoms with Crippen LogP contribution in [0, 0.1) is 0 Å². The molecule has 0 saturated heterocycles. The molecule has 2 atom stereocenters. The van der Waals surface area contributed by atoms with Crippen molar-refractivity contribution in [2.45, 2.75) is 39.0 Å². The molecule has 0 spiro atoms. The average molecular weight is 403 g/mol. The Bertz CT molecular complexity index is 833. The van der Waals surface area contributed by atoms with E-state index in [1.54, 1.807) is 0 Å². The summed E-state index contributed by atoms with van der Waals surface area (Å²) in [5.41, 5.74) is 5.58. The van der Waals surface area contributed by atoms with Gasteiger partial charge in [-0.2, -0.15) is 0 Å². The normalized spacial score (nSPS) is 14.3. The highest BCUT2D eigenvalue weighted by atomic mass is 15.3. The molecular formula is C28H38N2+2. The Morgan fingerprint density at radius 3 is 1.10 bits per heavy atom. The number of hydrogen-bond acceptors (Lipinski definition) is 0. The van der Waals surface area contributed by atoms with Gasteiger partial charge in [0.2, 0.25) is 0 Å². The second kappa shape index (κ2) is 9.16. The standard InChI is InChI=1S/C28H38N2/c1-23(29(3,4)21-25-13-9-7-10-14-25)27-17-19-28(20-18-27)24(2)30(5,6)22-26-15-11-8-12-16-26/h7-20,23-24H,21-22H2,1-6H3/q+2. The van der Waals surface area contributed by atoms with Gasteiger partial charge in [0.15, 0.2) is 0 Å². The average Bonchev–Trinajstić information content (AvgIpc) is 2.73. The summed E-state index contributed by atoms with van der Waals surface area (Å²) in [5.74, 6) is 0. The minimum absolute atomic E-state index is 0.432. The third kappa shape index (κ3) is 5.38. The Morgan fingerprint density at radius 1 is 0.500 bits per heavy atom. The number of nitrogens with zero attached hydrogens (tertiary/aromatic N) is 2. The molecule has 0 heterocycles. The zero-order valence-electron chi connectivity index (χ0n) is 19.5. The third-order valence-electron chi connectivity index (χ3n) is 6.86. The van der Waals surface area contributed by atoms with Gasteiger partial charge in [0.1, 0.15) is 25.2 Å². The fraction of sp³-hybridized carbons (Fsp3) is 0.357. The monoisotopic (exact) mass is 402 g/mol. The lowest BCUT2D eigenvalue weighted by atomic mass is 9.98. The second-order valence-electron chi connectivity index (χ2n) is 9.86. The van der Waals surface area contributed by atoms with Crippen molar-refractivity contribution in [2.24, 2.45) is 0 Å². The lowest BCUT2D eigenvalue weighted by Gasteiger charge is -2.38. The topological polar surface area (TPSA) is 0 Å². The van der Waals surface area contributed by atoms with Crippen LogP contribution in [0.4, 0.5) is 0 Å². The molecule has 0 aliphatic heterocycles. The first kappa shape index (κ1) is 22.3. The zero-order valence-corrected chi connectivity index (χ0v) is 19.5. The van der Waals surface area contributed by atoms with E-state index in [4.69, 9.17) is 0 Å². The van der Waals surface area contributed by atoms with Gasteiger partial charge >= 0.3 is 0 Å². The summed E-state index contributed by atoms with van der Waals surface area (Å²) in [6, 6.07) is 31.8. The number of quaternary nitrogens is 2. The molecule has 3 aromatic rings. The van der Waals surface area contributed by atoms with Crippen LogP contribution in [0.1, 0.15) is 48.2 Å². The first-order valence-corrected chi connectivity index (χ1v) is 11.0. The van der Waals surface area contributed by atoms with E-state index in [1.165, 1.54) is 22.3 Å². The predicted molar refractivity (Wildman–Crippen MR) is 128 cm³/mol. The van der Waals surface area contributed by atoms with Crippen molar-refractivity contribution in [3.63, 3.8) is 0 Å². The molecule has 0 amide bonds. The van der Waals surface area contributed by atoms with Crippen LogP contribution in [-0.4, -0.2) is 37.2 Å². The summed E-state index contributed by atoms with van der Waals surface area (Å²) in [6.45, 7) is 6.75. The molecule has 0 bridgehead atoms. The first-order chi connectivity index (χ1) is 14.2. The van der Waals surface area contributed by atoms with Gasteiger partial charge < -0.3 is 8.97 Å². The van der Waals surface area contributed by atoms with Crippen molar-refractivity contribution >= 4 is 0 Å². The Kier molecular flexibility index (Phi) is 6.80. The summed E-state index contributed by atoms with van der Waals surface area (Å²) < 4.78 is 1.88. The molecule has 0 aromatic heterocycles. The summed E-state index contributed by atoms with van der Waals surface area (Å²) in [4.78, 5) is 0. The van der Waals surface area contributed by atoms with Gasteiger partial charge in [0.25, 0.3) is 0 Å². The van der Waals surface area contributed by atoms with Crippen molar-refractivity contribution in [3.05, 3.63) is 107 Å². The van der Waals surface area contributed by atoms with Crippen LogP contribution in [0.5, 0.6) is 0 Å². The molecule has 3 aromatic carbocycles. The maximum absolute atomic E-state index is 2.34. The number of rotatable bonds is 8. The summed E-state index contributed by atoms with van der Waals surface area (Å²) in [6.07, 6.45) is 0. The lowest BCUT2D eigenvalue weighted by Crippen LogP contribution is -2.41. The zero-order chi connectivity index (χ0) is 21.8. The van der Waals surface area contributed by atoms with E-state index in [1.807, 2.05) is 0 Å². The van der Waals surface area contributed by atoms with Gasteiger partial charge in [-0.1, -0.05) is 84.9 Å². The van der Waals surface area contributed by atoms with Crippen molar-refractivity contribution in [3.8, 4) is 0 Å². The second-order valence-corrected chi connectivity index (χ2v) is 9.86. The molecule has 0 N–H and O–H groups in total. The van der Waals surface area contributed by atoms with Crippen molar-refractivity contribution in [1.29, 1.82) is 0 Å². The maximum Gasteiger partial charge on any atom is 0.112 e. The van der Waals surface area contributed by atoms with E-state index in [2.05, 4.69) is 127 Å². The Morgan fingerprint density at radius 2 is 0.800 bits per heavy atom. The molecule has 0 radical (unpaired) electrons. The highest BCUT2D eigenvalue weighted by Gasteiger charge is 2.28. The van der Waals surface area contributed by atoms with Crippen molar-refractivity contribution < 1.29 is 8.97 Å². The van der Waals surface area contributed by atoms with Crippen LogP contribution in [0.3, 0.4) is 0 Å². The highest BCUT2D eigenvalue weighted by Crippen LogP contribution is 2.31. The molecule has 0 saturated carbocycles. The van der Waals surface area contributed by atoms with Gasteiger partial charge in [-0.25, -0.2) is 0 Å². The lowest BCUT2D eigenvalue weighted by molar-refractivity contribution is -0.932. The summed E-state index contributed by atoms with van der Waals surface area (Å²) in [5, 5.41) is 0. The minimum atomic E-state index is 0.432. The Labute approximate surface area is 183 Å². The third-order valence-corrected chi connectivity index (χ3v) is 6.86. The highest BCUT2D eigenvalue weighted by molar-refractivity contribution is 5.26. The van der Waals surface area contributed by atoms with E-state index < -0.39 is 0 Å². The van der Waals surface area contributed by atoms with Crippen LogP contribution in [-0.2, 0) is 13.1 Å². The van der Waals surface area contributed by atoms with Gasteiger partial charge in [-0.05, 0) is 13.8 Å². The van der Waals surface area contributed by atoms with Crippen LogP contribution >= 0.6 is 0 Å². The molecule has 30 heavy (non-hydrogen) atoms. The summed E-state index contributed by atoms with van der Waals surface area (Å²) >= 11 is 0. The first-order valence-electron chi connectivity index (χ1n) is 11.0. The van der Waals surface area contributed by atoms with Gasteiger partial charge in [-0.3, -0.25) is 0 Å². The molecule has 2 heteroatoms. The molecule has 0 fully saturated rings. The molecule has 3 rings (SSSR count). The molecule has 2 nitrogen and oxygen atoms in total. The fourth-order valence-corrected chi connectivity index (χ4v) is 4.24. The molecule has 0 aliphatic carbocycles. The van der Waals surface area contributed by atoms with Gasteiger partial charge in [0.05, 0.1) is 28.2 Å². The van der Waals surface area contributed by atoms with Crippen LogP contribution in [0.2, 0.25) is 0 Å². The smallest absolute Gasteiger partial charge is 0.112 e. The SMILES string of the molecule is CC(c1ccc(C(C)[N+](C)(C)Cc2ccccc2)cc1)[N+](C)(C)Cc1ccccc1. The molecule has 158 valence electrons. The van der Waals surface area contributed by atoms with E-state index in [0.717, 1.165) is 22.1 Å². The van der Waals surface area contributed by atoms with E-state index in [-0.39, 0.29) is 0 Å². The fourth-order valence-electron chi connectivity index (χ4n) is 4.24. The Hall–Kier alpha value is -2.42. The Balaban J connectivity index is 1.71. The van der Waals surface area contributed by atoms with Crippen molar-refractivity contribution in [2.75, 3.05) is 28.2 Å². The predicted octanol–water partition coefficient (Wildman–Crippen LogP) is 6.36. The van der Waals surface area contributed by atoms with E-state index in [0.29, 0.717) is 12.1 Å². The molecule has 2 unspecified atom stereocenters. The number of hydrogen-bond donors (Lipinski definition) is 0. The van der Waals surface area contributed by atoms with Gasteiger partial charge in [-0.15, -0.1) is 0 Å². The molecule has 0 aliphatic rings. The van der Waals surface area contributed by atoms with E-state index >= 15 is 0 Å². The summed E-state index contributed by atoms with van der Waals surface area (Å²) in [7, 11) is 9.31. The quantitative estimate of drug-likeness (QED) is 0.384. The van der Waals surface area contributed by atoms with Gasteiger partial charge in [0, 0.05) is 22.3 Å². The molecular weight excluding hydrogens is 364 g/mol. The number of benzene rings is 3. The largest absolute Gasteiger partial charge is 0.319 e. The van der Waals surface area contributed by atoms with Crippen molar-refractivity contribution in [1.82, 2.24) is 0 Å². The van der Waals surface area contributed by atoms with Crippen LogP contribution in [0.15, 0.2) is 84.9 Å². The van der Waals surface area contributed by atoms with Crippen LogP contribution in [0.25, 0.3) is 0 Å². The maximum atomic E-state index is 2.34. The van der Waals surface area contributed by atoms with E-state index in [9.17, 15) is 0 Å². The minimum Gasteiger partial charge on any atom is -0.319 e.